The van der Waals surface area contributed by atoms with E-state index >= 15 is 0 Å². The molecule has 0 bridgehead atoms. The largest absolute Gasteiger partial charge is 0.459 e. The molecular weight excluding hydrogens is 243 g/mol. The number of esters is 1. The molecule has 0 atom stereocenters. The number of hydrogen-bond donors (Lipinski definition) is 0. The zero-order valence-corrected chi connectivity index (χ0v) is 10.2. The maximum atomic E-state index is 13.4. The van der Waals surface area contributed by atoms with Gasteiger partial charge in [-0.25, -0.2) is 9.18 Å². The van der Waals surface area contributed by atoms with Crippen molar-refractivity contribution in [3.8, 4) is 0 Å². The van der Waals surface area contributed by atoms with Gasteiger partial charge in [0, 0.05) is 5.02 Å². The first-order valence-corrected chi connectivity index (χ1v) is 6.20. The second kappa shape index (κ2) is 5.50. The van der Waals surface area contributed by atoms with Crippen LogP contribution in [0.4, 0.5) is 4.39 Å². The lowest BCUT2D eigenvalue weighted by Gasteiger charge is -2.21. The van der Waals surface area contributed by atoms with Crippen LogP contribution in [-0.4, -0.2) is 12.1 Å². The van der Waals surface area contributed by atoms with Crippen molar-refractivity contribution in [2.45, 2.75) is 38.2 Å². The van der Waals surface area contributed by atoms with Crippen molar-refractivity contribution in [2.24, 2.45) is 0 Å². The van der Waals surface area contributed by atoms with Crippen LogP contribution in [0.5, 0.6) is 0 Å². The molecule has 0 radical (unpaired) electrons. The average molecular weight is 257 g/mol. The predicted octanol–water partition coefficient (Wildman–Crippen LogP) is 3.97. The average Bonchev–Trinajstić information content (AvgIpc) is 2.33. The summed E-state index contributed by atoms with van der Waals surface area (Å²) in [7, 11) is 0. The van der Waals surface area contributed by atoms with E-state index in [0.29, 0.717) is 5.02 Å². The molecule has 1 fully saturated rings. The summed E-state index contributed by atoms with van der Waals surface area (Å²) in [6.45, 7) is 0. The van der Waals surface area contributed by atoms with Crippen molar-refractivity contribution < 1.29 is 13.9 Å². The Kier molecular flexibility index (Phi) is 4.00. The SMILES string of the molecule is O=C(OC1CCCCC1)c1cc(Cl)ccc1F. The van der Waals surface area contributed by atoms with Crippen molar-refractivity contribution in [2.75, 3.05) is 0 Å². The van der Waals surface area contributed by atoms with E-state index in [-0.39, 0.29) is 11.7 Å². The van der Waals surface area contributed by atoms with E-state index in [9.17, 15) is 9.18 Å². The molecular formula is C13H14ClFO2. The molecule has 0 saturated heterocycles. The zero-order chi connectivity index (χ0) is 12.3. The number of carbonyl (C=O) groups excluding carboxylic acids is 1. The molecule has 0 unspecified atom stereocenters. The lowest BCUT2D eigenvalue weighted by atomic mass is 9.98. The summed E-state index contributed by atoms with van der Waals surface area (Å²) in [5.41, 5.74) is -0.0805. The number of ether oxygens (including phenoxy) is 1. The summed E-state index contributed by atoms with van der Waals surface area (Å²) in [6.07, 6.45) is 4.97. The Bertz CT molecular complexity index is 414. The minimum atomic E-state index is -0.614. The quantitative estimate of drug-likeness (QED) is 0.749. The smallest absolute Gasteiger partial charge is 0.341 e. The Morgan fingerprint density at radius 3 is 2.71 bits per heavy atom. The Morgan fingerprint density at radius 2 is 2.00 bits per heavy atom. The number of benzene rings is 1. The molecule has 2 rings (SSSR count). The summed E-state index contributed by atoms with van der Waals surface area (Å²) in [5, 5.41) is 0.335. The molecule has 0 aromatic heterocycles. The molecule has 17 heavy (non-hydrogen) atoms. The van der Waals surface area contributed by atoms with Crippen molar-refractivity contribution in [1.29, 1.82) is 0 Å². The van der Waals surface area contributed by atoms with Gasteiger partial charge in [0.2, 0.25) is 0 Å². The Morgan fingerprint density at radius 1 is 1.29 bits per heavy atom. The van der Waals surface area contributed by atoms with Crippen LogP contribution in [0.2, 0.25) is 5.02 Å². The third-order valence-electron chi connectivity index (χ3n) is 2.97. The first-order valence-electron chi connectivity index (χ1n) is 5.83. The second-order valence-corrected chi connectivity index (χ2v) is 4.73. The van der Waals surface area contributed by atoms with Gasteiger partial charge in [-0.15, -0.1) is 0 Å². The van der Waals surface area contributed by atoms with Crippen LogP contribution in [0, 0.1) is 5.82 Å². The highest BCUT2D eigenvalue weighted by atomic mass is 35.5. The molecule has 92 valence electrons. The number of hydrogen-bond acceptors (Lipinski definition) is 2. The van der Waals surface area contributed by atoms with Crippen LogP contribution >= 0.6 is 11.6 Å². The van der Waals surface area contributed by atoms with Gasteiger partial charge in [0.25, 0.3) is 0 Å². The lowest BCUT2D eigenvalue weighted by Crippen LogP contribution is -2.21. The fourth-order valence-electron chi connectivity index (χ4n) is 2.05. The fourth-order valence-corrected chi connectivity index (χ4v) is 2.22. The van der Waals surface area contributed by atoms with Crippen LogP contribution in [0.3, 0.4) is 0 Å². The molecule has 4 heteroatoms. The molecule has 1 aliphatic carbocycles. The van der Waals surface area contributed by atoms with E-state index in [1.54, 1.807) is 0 Å². The molecule has 0 amide bonds. The van der Waals surface area contributed by atoms with E-state index in [0.717, 1.165) is 25.7 Å². The van der Waals surface area contributed by atoms with Crippen molar-refractivity contribution in [3.63, 3.8) is 0 Å². The van der Waals surface area contributed by atoms with E-state index in [1.807, 2.05) is 0 Å². The highest BCUT2D eigenvalue weighted by Crippen LogP contribution is 2.23. The van der Waals surface area contributed by atoms with E-state index in [1.165, 1.54) is 24.6 Å². The Labute approximate surface area is 105 Å². The Hall–Kier alpha value is -1.09. The van der Waals surface area contributed by atoms with Gasteiger partial charge in [0.15, 0.2) is 0 Å². The normalized spacial score (nSPS) is 16.8. The van der Waals surface area contributed by atoms with Gasteiger partial charge >= 0.3 is 5.97 Å². The van der Waals surface area contributed by atoms with Gasteiger partial charge in [-0.3, -0.25) is 0 Å². The van der Waals surface area contributed by atoms with Crippen LogP contribution in [0.1, 0.15) is 42.5 Å². The summed E-state index contributed by atoms with van der Waals surface area (Å²) in [5.74, 6) is -1.20. The van der Waals surface area contributed by atoms with Crippen LogP contribution in [0.15, 0.2) is 18.2 Å². The summed E-state index contributed by atoms with van der Waals surface area (Å²) < 4.78 is 18.7. The fraction of sp³-hybridized carbons (Fsp3) is 0.462. The van der Waals surface area contributed by atoms with Gasteiger partial charge in [-0.1, -0.05) is 18.0 Å². The predicted molar refractivity (Wildman–Crippen MR) is 63.7 cm³/mol. The number of carbonyl (C=O) groups is 1. The van der Waals surface area contributed by atoms with E-state index in [2.05, 4.69) is 0 Å². The Balaban J connectivity index is 2.05. The summed E-state index contributed by atoms with van der Waals surface area (Å²) >= 11 is 5.73. The maximum absolute atomic E-state index is 13.4. The molecule has 0 aliphatic heterocycles. The highest BCUT2D eigenvalue weighted by Gasteiger charge is 2.20. The second-order valence-electron chi connectivity index (χ2n) is 4.29. The molecule has 1 aliphatic rings. The number of rotatable bonds is 2. The molecule has 0 N–H and O–H groups in total. The molecule has 0 spiro atoms. The van der Waals surface area contributed by atoms with Gasteiger partial charge in [0.05, 0.1) is 5.56 Å². The standard InChI is InChI=1S/C13H14ClFO2/c14-9-6-7-12(15)11(8-9)13(16)17-10-4-2-1-3-5-10/h6-8,10H,1-5H2. The molecule has 1 aromatic rings. The highest BCUT2D eigenvalue weighted by molar-refractivity contribution is 6.30. The summed E-state index contributed by atoms with van der Waals surface area (Å²) in [4.78, 5) is 11.8. The maximum Gasteiger partial charge on any atom is 0.341 e. The van der Waals surface area contributed by atoms with Crippen LogP contribution in [-0.2, 0) is 4.74 Å². The van der Waals surface area contributed by atoms with Gasteiger partial charge < -0.3 is 4.74 Å². The van der Waals surface area contributed by atoms with Crippen LogP contribution < -0.4 is 0 Å². The minimum Gasteiger partial charge on any atom is -0.459 e. The third-order valence-corrected chi connectivity index (χ3v) is 3.21. The topological polar surface area (TPSA) is 26.3 Å². The lowest BCUT2D eigenvalue weighted by molar-refractivity contribution is 0.0206. The molecule has 0 heterocycles. The van der Waals surface area contributed by atoms with E-state index < -0.39 is 11.8 Å². The summed E-state index contributed by atoms with van der Waals surface area (Å²) in [6, 6.07) is 3.90. The van der Waals surface area contributed by atoms with Crippen molar-refractivity contribution in [1.82, 2.24) is 0 Å². The van der Waals surface area contributed by atoms with Crippen molar-refractivity contribution >= 4 is 17.6 Å². The van der Waals surface area contributed by atoms with Crippen molar-refractivity contribution in [3.05, 3.63) is 34.6 Å². The van der Waals surface area contributed by atoms with Gasteiger partial charge in [0.1, 0.15) is 11.9 Å². The monoisotopic (exact) mass is 256 g/mol. The first kappa shape index (κ1) is 12.4. The zero-order valence-electron chi connectivity index (χ0n) is 9.42. The minimum absolute atomic E-state index is 0.0744. The molecule has 2 nitrogen and oxygen atoms in total. The molecule has 1 aromatic carbocycles. The third kappa shape index (κ3) is 3.19. The van der Waals surface area contributed by atoms with Crippen LogP contribution in [0.25, 0.3) is 0 Å². The van der Waals surface area contributed by atoms with Gasteiger partial charge in [-0.2, -0.15) is 0 Å². The first-order chi connectivity index (χ1) is 8.16. The number of halogens is 2. The molecule has 1 saturated carbocycles. The van der Waals surface area contributed by atoms with E-state index in [4.69, 9.17) is 16.3 Å². The van der Waals surface area contributed by atoms with Gasteiger partial charge in [-0.05, 0) is 43.9 Å².